The third-order valence-electron chi connectivity index (χ3n) is 4.08. The topological polar surface area (TPSA) is 38.2 Å². The van der Waals surface area contributed by atoms with Crippen LogP contribution in [0.25, 0.3) is 10.1 Å². The van der Waals surface area contributed by atoms with E-state index in [1.54, 1.807) is 23.7 Å². The van der Waals surface area contributed by atoms with Gasteiger partial charge in [0.25, 0.3) is 0 Å². The van der Waals surface area contributed by atoms with Gasteiger partial charge in [-0.05, 0) is 36.1 Å². The Morgan fingerprint density at radius 1 is 1.18 bits per heavy atom. The molecule has 3 aromatic rings. The van der Waals surface area contributed by atoms with Crippen molar-refractivity contribution in [3.8, 4) is 5.75 Å². The molecule has 5 heteroatoms. The number of rotatable bonds is 4. The minimum Gasteiger partial charge on any atom is -0.493 e. The van der Waals surface area contributed by atoms with E-state index < -0.39 is 0 Å². The van der Waals surface area contributed by atoms with Crippen LogP contribution in [0, 0.1) is 5.92 Å². The van der Waals surface area contributed by atoms with Gasteiger partial charge in [0.1, 0.15) is 11.6 Å². The molecule has 0 N–H and O–H groups in total. The molecule has 0 bridgehead atoms. The maximum absolute atomic E-state index is 5.86. The first-order valence-electron chi connectivity index (χ1n) is 7.50. The molecule has 112 valence electrons. The zero-order valence-corrected chi connectivity index (χ0v) is 13.0. The van der Waals surface area contributed by atoms with Gasteiger partial charge in [0.15, 0.2) is 0 Å². The summed E-state index contributed by atoms with van der Waals surface area (Å²) in [5.41, 5.74) is 0. The van der Waals surface area contributed by atoms with Gasteiger partial charge in [-0.2, -0.15) is 0 Å². The molecule has 0 aromatic carbocycles. The van der Waals surface area contributed by atoms with Gasteiger partial charge in [-0.15, -0.1) is 11.3 Å². The number of aromatic nitrogens is 2. The maximum atomic E-state index is 5.86. The average Bonchev–Trinajstić information content (AvgIpc) is 3.22. The average molecular weight is 311 g/mol. The molecule has 1 aliphatic rings. The summed E-state index contributed by atoms with van der Waals surface area (Å²) in [6.07, 6.45) is 6.58. The fraction of sp³-hybridized carbons (Fsp3) is 0.294. The predicted octanol–water partition coefficient (Wildman–Crippen LogP) is 3.60. The second-order valence-corrected chi connectivity index (χ2v) is 6.51. The van der Waals surface area contributed by atoms with E-state index in [2.05, 4.69) is 32.4 Å². The van der Waals surface area contributed by atoms with Crippen molar-refractivity contribution in [1.29, 1.82) is 0 Å². The molecule has 4 heterocycles. The number of thiophene rings is 1. The molecule has 0 radical (unpaired) electrons. The van der Waals surface area contributed by atoms with Crippen LogP contribution in [0.3, 0.4) is 0 Å². The zero-order chi connectivity index (χ0) is 14.8. The Bertz CT molecular complexity index is 759. The summed E-state index contributed by atoms with van der Waals surface area (Å²) in [6, 6.07) is 8.06. The fourth-order valence-corrected chi connectivity index (χ4v) is 3.72. The first-order chi connectivity index (χ1) is 10.9. The van der Waals surface area contributed by atoms with Crippen LogP contribution in [0.5, 0.6) is 5.75 Å². The van der Waals surface area contributed by atoms with Crippen molar-refractivity contribution in [3.05, 3.63) is 48.2 Å². The number of hydrogen-bond acceptors (Lipinski definition) is 5. The number of hydrogen-bond donors (Lipinski definition) is 0. The molecule has 3 aromatic heterocycles. The second kappa shape index (κ2) is 5.93. The van der Waals surface area contributed by atoms with Crippen LogP contribution in [0.1, 0.15) is 6.42 Å². The van der Waals surface area contributed by atoms with Crippen molar-refractivity contribution in [2.24, 2.45) is 5.92 Å². The monoisotopic (exact) mass is 311 g/mol. The molecule has 1 fully saturated rings. The van der Waals surface area contributed by atoms with Crippen molar-refractivity contribution in [1.82, 2.24) is 9.97 Å². The lowest BCUT2D eigenvalue weighted by Gasteiger charge is -2.18. The van der Waals surface area contributed by atoms with Gasteiger partial charge < -0.3 is 9.64 Å². The Morgan fingerprint density at radius 2 is 2.09 bits per heavy atom. The minimum absolute atomic E-state index is 0.545. The van der Waals surface area contributed by atoms with E-state index in [0.29, 0.717) is 5.92 Å². The van der Waals surface area contributed by atoms with Crippen LogP contribution >= 0.6 is 11.3 Å². The van der Waals surface area contributed by atoms with Gasteiger partial charge in [-0.25, -0.2) is 4.98 Å². The van der Waals surface area contributed by atoms with E-state index in [0.717, 1.165) is 37.7 Å². The summed E-state index contributed by atoms with van der Waals surface area (Å²) in [5, 5.41) is 3.40. The zero-order valence-electron chi connectivity index (χ0n) is 12.2. The van der Waals surface area contributed by atoms with E-state index in [9.17, 15) is 0 Å². The smallest absolute Gasteiger partial charge is 0.137 e. The summed E-state index contributed by atoms with van der Waals surface area (Å²) in [5.74, 6) is 2.56. The number of anilines is 1. The summed E-state index contributed by atoms with van der Waals surface area (Å²) in [7, 11) is 0. The van der Waals surface area contributed by atoms with Gasteiger partial charge in [0, 0.05) is 47.7 Å². The summed E-state index contributed by atoms with van der Waals surface area (Å²) in [4.78, 5) is 11.0. The van der Waals surface area contributed by atoms with Gasteiger partial charge in [-0.3, -0.25) is 4.98 Å². The number of pyridine rings is 2. The summed E-state index contributed by atoms with van der Waals surface area (Å²) in [6.45, 7) is 2.81. The molecule has 22 heavy (non-hydrogen) atoms. The highest BCUT2D eigenvalue weighted by Gasteiger charge is 2.25. The lowest BCUT2D eigenvalue weighted by molar-refractivity contribution is 0.261. The third kappa shape index (κ3) is 2.64. The van der Waals surface area contributed by atoms with Crippen molar-refractivity contribution < 1.29 is 4.74 Å². The normalized spacial score (nSPS) is 18.0. The fourth-order valence-electron chi connectivity index (χ4n) is 2.94. The quantitative estimate of drug-likeness (QED) is 0.738. The Morgan fingerprint density at radius 3 is 3.00 bits per heavy atom. The molecule has 0 spiro atoms. The highest BCUT2D eigenvalue weighted by atomic mass is 32.1. The van der Waals surface area contributed by atoms with Crippen LogP contribution in [-0.2, 0) is 0 Å². The largest absolute Gasteiger partial charge is 0.493 e. The second-order valence-electron chi connectivity index (χ2n) is 5.56. The van der Waals surface area contributed by atoms with E-state index in [-0.39, 0.29) is 0 Å². The predicted molar refractivity (Wildman–Crippen MR) is 89.7 cm³/mol. The molecule has 1 aliphatic heterocycles. The molecule has 1 unspecified atom stereocenters. The molecular weight excluding hydrogens is 294 g/mol. The van der Waals surface area contributed by atoms with Crippen molar-refractivity contribution in [3.63, 3.8) is 0 Å². The molecule has 0 aliphatic carbocycles. The summed E-state index contributed by atoms with van der Waals surface area (Å²) < 4.78 is 7.17. The third-order valence-corrected chi connectivity index (χ3v) is 4.96. The van der Waals surface area contributed by atoms with E-state index in [1.165, 1.54) is 10.1 Å². The number of ether oxygens (including phenoxy) is 1. The van der Waals surface area contributed by atoms with Crippen LogP contribution in [0.15, 0.2) is 48.2 Å². The minimum atomic E-state index is 0.545. The Hall–Kier alpha value is -2.14. The van der Waals surface area contributed by atoms with Crippen LogP contribution in [-0.4, -0.2) is 29.7 Å². The van der Waals surface area contributed by atoms with Crippen LogP contribution < -0.4 is 9.64 Å². The molecule has 0 saturated carbocycles. The highest BCUT2D eigenvalue weighted by Crippen LogP contribution is 2.31. The van der Waals surface area contributed by atoms with Crippen molar-refractivity contribution in [2.45, 2.75) is 6.42 Å². The molecular formula is C17H17N3OS. The molecule has 0 amide bonds. The number of nitrogens with zero attached hydrogens (tertiary/aromatic N) is 3. The van der Waals surface area contributed by atoms with E-state index >= 15 is 0 Å². The number of fused-ring (bicyclic) bond motifs is 1. The lowest BCUT2D eigenvalue weighted by atomic mass is 10.1. The van der Waals surface area contributed by atoms with Crippen molar-refractivity contribution in [2.75, 3.05) is 24.6 Å². The van der Waals surface area contributed by atoms with Crippen LogP contribution in [0.4, 0.5) is 5.82 Å². The Balaban J connectivity index is 1.43. The lowest BCUT2D eigenvalue weighted by Crippen LogP contribution is -2.22. The SMILES string of the molecule is c1cc(OCC2CCN(c3nccc4sccc34)C2)ccn1. The molecule has 1 saturated heterocycles. The molecule has 1 atom stereocenters. The highest BCUT2D eigenvalue weighted by molar-refractivity contribution is 7.17. The van der Waals surface area contributed by atoms with E-state index in [1.807, 2.05) is 18.3 Å². The van der Waals surface area contributed by atoms with Gasteiger partial charge in [-0.1, -0.05) is 0 Å². The van der Waals surface area contributed by atoms with Crippen LogP contribution in [0.2, 0.25) is 0 Å². The molecule has 4 rings (SSSR count). The summed E-state index contributed by atoms with van der Waals surface area (Å²) >= 11 is 1.77. The standard InChI is InChI=1S/C17H17N3OS/c1-6-18-7-2-14(1)21-12-13-4-9-20(11-13)17-15-5-10-22-16(15)3-8-19-17/h1-3,5-8,10,13H,4,9,11-12H2. The first kappa shape index (κ1) is 13.5. The van der Waals surface area contributed by atoms with Gasteiger partial charge in [0.2, 0.25) is 0 Å². The first-order valence-corrected chi connectivity index (χ1v) is 8.38. The Labute approximate surface area is 133 Å². The van der Waals surface area contributed by atoms with Crippen molar-refractivity contribution >= 4 is 27.2 Å². The Kier molecular flexibility index (Phi) is 3.64. The van der Waals surface area contributed by atoms with Gasteiger partial charge >= 0.3 is 0 Å². The van der Waals surface area contributed by atoms with Gasteiger partial charge in [0.05, 0.1) is 6.61 Å². The maximum Gasteiger partial charge on any atom is 0.137 e. The molecule has 4 nitrogen and oxygen atoms in total. The van der Waals surface area contributed by atoms with E-state index in [4.69, 9.17) is 4.74 Å².